The van der Waals surface area contributed by atoms with Crippen LogP contribution < -0.4 is 0 Å². The Bertz CT molecular complexity index is 985. The van der Waals surface area contributed by atoms with Gasteiger partial charge in [0.25, 0.3) is 0 Å². The first-order valence-electron chi connectivity index (χ1n) is 8.15. The first-order valence-corrected chi connectivity index (χ1v) is 8.15. The summed E-state index contributed by atoms with van der Waals surface area (Å²) in [4.78, 5) is 0. The molecule has 0 aliphatic rings. The Hall–Kier alpha value is -2.54. The molecule has 0 fully saturated rings. The van der Waals surface area contributed by atoms with Gasteiger partial charge in [-0.1, -0.05) is 66.7 Å². The molecule has 0 bridgehead atoms. The minimum atomic E-state index is 0.0201. The smallest absolute Gasteiger partial charge is 0.0576 e. The molecule has 4 aromatic rings. The lowest BCUT2D eigenvalue weighted by atomic mass is 10.0. The van der Waals surface area contributed by atoms with Gasteiger partial charge >= 0.3 is 0 Å². The van der Waals surface area contributed by atoms with Crippen molar-refractivity contribution in [1.29, 1.82) is 0 Å². The largest absolute Gasteiger partial charge is 0.335 e. The van der Waals surface area contributed by atoms with E-state index >= 15 is 0 Å². The third-order valence-corrected chi connectivity index (χ3v) is 4.45. The molecule has 0 saturated carbocycles. The first-order chi connectivity index (χ1) is 11.1. The number of fused-ring (bicyclic) bond motifs is 3. The van der Waals surface area contributed by atoms with Crippen LogP contribution in [0.15, 0.2) is 72.8 Å². The van der Waals surface area contributed by atoms with Gasteiger partial charge in [-0.15, -0.1) is 0 Å². The fourth-order valence-electron chi connectivity index (χ4n) is 3.57. The number of hydrogen-bond acceptors (Lipinski definition) is 0. The summed E-state index contributed by atoms with van der Waals surface area (Å²) < 4.78 is 2.49. The molecule has 0 aliphatic heterocycles. The Morgan fingerprint density at radius 1 is 0.652 bits per heavy atom. The minimum absolute atomic E-state index is 0.0201. The van der Waals surface area contributed by atoms with E-state index in [1.807, 2.05) is 0 Å². The van der Waals surface area contributed by atoms with E-state index in [2.05, 4.69) is 98.1 Å². The topological polar surface area (TPSA) is 4.93 Å². The zero-order chi connectivity index (χ0) is 16.0. The fourth-order valence-corrected chi connectivity index (χ4v) is 3.57. The molecule has 0 saturated heterocycles. The van der Waals surface area contributed by atoms with Crippen LogP contribution in [0.2, 0.25) is 0 Å². The van der Waals surface area contributed by atoms with E-state index in [1.54, 1.807) is 0 Å². The molecule has 0 radical (unpaired) electrons. The molecule has 4 rings (SSSR count). The van der Waals surface area contributed by atoms with E-state index in [0.29, 0.717) is 0 Å². The zero-order valence-corrected chi connectivity index (χ0v) is 13.9. The minimum Gasteiger partial charge on any atom is -0.335 e. The average molecular weight is 299 g/mol. The maximum absolute atomic E-state index is 2.49. The quantitative estimate of drug-likeness (QED) is 0.393. The van der Waals surface area contributed by atoms with E-state index in [1.165, 1.54) is 32.9 Å². The summed E-state index contributed by atoms with van der Waals surface area (Å²) in [6.07, 6.45) is 0. The van der Waals surface area contributed by atoms with Crippen LogP contribution in [0.25, 0.3) is 32.9 Å². The number of hydrogen-bond donors (Lipinski definition) is 0. The lowest BCUT2D eigenvalue weighted by Gasteiger charge is -2.25. The molecule has 0 unspecified atom stereocenters. The molecule has 0 N–H and O–H groups in total. The summed E-state index contributed by atoms with van der Waals surface area (Å²) in [5, 5.41) is 2.66. The van der Waals surface area contributed by atoms with Gasteiger partial charge in [-0.3, -0.25) is 0 Å². The maximum Gasteiger partial charge on any atom is 0.0576 e. The Morgan fingerprint density at radius 3 is 2.04 bits per heavy atom. The first kappa shape index (κ1) is 14.1. The van der Waals surface area contributed by atoms with Crippen molar-refractivity contribution in [2.24, 2.45) is 0 Å². The van der Waals surface area contributed by atoms with Gasteiger partial charge in [0.15, 0.2) is 0 Å². The number of benzene rings is 3. The lowest BCUT2D eigenvalue weighted by Crippen LogP contribution is -2.21. The zero-order valence-electron chi connectivity index (χ0n) is 13.9. The van der Waals surface area contributed by atoms with Gasteiger partial charge in [0, 0.05) is 27.4 Å². The van der Waals surface area contributed by atoms with Crippen LogP contribution in [-0.2, 0) is 5.54 Å². The van der Waals surface area contributed by atoms with Crippen molar-refractivity contribution in [3.8, 4) is 11.1 Å². The third-order valence-electron chi connectivity index (χ3n) is 4.45. The summed E-state index contributed by atoms with van der Waals surface area (Å²) >= 11 is 0. The highest BCUT2D eigenvalue weighted by molar-refractivity contribution is 6.12. The molecule has 1 aromatic heterocycles. The van der Waals surface area contributed by atoms with Crippen LogP contribution in [0, 0.1) is 0 Å². The van der Waals surface area contributed by atoms with E-state index < -0.39 is 0 Å². The van der Waals surface area contributed by atoms with Crippen LogP contribution in [-0.4, -0.2) is 4.57 Å². The van der Waals surface area contributed by atoms with Crippen LogP contribution in [0.3, 0.4) is 0 Å². The Labute approximate surface area is 137 Å². The highest BCUT2D eigenvalue weighted by Gasteiger charge is 2.22. The Balaban J connectivity index is 2.23. The molecule has 0 aliphatic carbocycles. The molecule has 1 heterocycles. The highest BCUT2D eigenvalue weighted by Crippen LogP contribution is 2.39. The maximum atomic E-state index is 2.49. The van der Waals surface area contributed by atoms with E-state index in [0.717, 1.165) is 0 Å². The van der Waals surface area contributed by atoms with Crippen molar-refractivity contribution in [2.45, 2.75) is 26.3 Å². The van der Waals surface area contributed by atoms with E-state index in [4.69, 9.17) is 0 Å². The molecule has 0 atom stereocenters. The normalized spacial score (nSPS) is 12.1. The summed E-state index contributed by atoms with van der Waals surface area (Å²) in [5.74, 6) is 0. The number of rotatable bonds is 1. The van der Waals surface area contributed by atoms with E-state index in [9.17, 15) is 0 Å². The summed E-state index contributed by atoms with van der Waals surface area (Å²) in [6, 6.07) is 26.0. The molecule has 1 heteroatoms. The van der Waals surface area contributed by atoms with Crippen molar-refractivity contribution in [3.05, 3.63) is 72.8 Å². The van der Waals surface area contributed by atoms with Gasteiger partial charge in [-0.25, -0.2) is 0 Å². The van der Waals surface area contributed by atoms with E-state index in [-0.39, 0.29) is 5.54 Å². The van der Waals surface area contributed by atoms with Gasteiger partial charge < -0.3 is 4.57 Å². The molecule has 114 valence electrons. The average Bonchev–Trinajstić information content (AvgIpc) is 2.90. The summed E-state index contributed by atoms with van der Waals surface area (Å²) in [6.45, 7) is 6.84. The molecular formula is C22H21N. The second kappa shape index (κ2) is 4.99. The standard InChI is InChI=1S/C22H21N/c1-22(2,3)23-20-15-8-7-12-18(20)19-14-9-13-17(21(19)23)16-10-5-4-6-11-16/h4-15H,1-3H3. The molecule has 23 heavy (non-hydrogen) atoms. The lowest BCUT2D eigenvalue weighted by molar-refractivity contribution is 0.423. The van der Waals surface area contributed by atoms with Crippen molar-refractivity contribution < 1.29 is 0 Å². The summed E-state index contributed by atoms with van der Waals surface area (Å²) in [5.41, 5.74) is 5.22. The second-order valence-electron chi connectivity index (χ2n) is 7.09. The number of para-hydroxylation sites is 2. The predicted molar refractivity (Wildman–Crippen MR) is 99.9 cm³/mol. The second-order valence-corrected chi connectivity index (χ2v) is 7.09. The Kier molecular flexibility index (Phi) is 3.05. The molecule has 3 aromatic carbocycles. The SMILES string of the molecule is CC(C)(C)n1c2ccccc2c2cccc(-c3ccccc3)c21. The van der Waals surface area contributed by atoms with Crippen LogP contribution in [0.5, 0.6) is 0 Å². The van der Waals surface area contributed by atoms with Crippen LogP contribution in [0.1, 0.15) is 20.8 Å². The number of aromatic nitrogens is 1. The molecule has 1 nitrogen and oxygen atoms in total. The van der Waals surface area contributed by atoms with Crippen molar-refractivity contribution >= 4 is 21.8 Å². The predicted octanol–water partition coefficient (Wildman–Crippen LogP) is 6.22. The van der Waals surface area contributed by atoms with Gasteiger partial charge in [-0.2, -0.15) is 0 Å². The molecule has 0 amide bonds. The van der Waals surface area contributed by atoms with Crippen LogP contribution in [0.4, 0.5) is 0 Å². The van der Waals surface area contributed by atoms with Gasteiger partial charge in [0.1, 0.15) is 0 Å². The van der Waals surface area contributed by atoms with Gasteiger partial charge in [0.2, 0.25) is 0 Å². The highest BCUT2D eigenvalue weighted by atomic mass is 15.0. The van der Waals surface area contributed by atoms with Gasteiger partial charge in [0.05, 0.1) is 5.52 Å². The molecule has 0 spiro atoms. The van der Waals surface area contributed by atoms with Gasteiger partial charge in [-0.05, 0) is 32.4 Å². The van der Waals surface area contributed by atoms with Crippen molar-refractivity contribution in [3.63, 3.8) is 0 Å². The Morgan fingerprint density at radius 2 is 1.30 bits per heavy atom. The van der Waals surface area contributed by atoms with Crippen molar-refractivity contribution in [1.82, 2.24) is 4.57 Å². The van der Waals surface area contributed by atoms with Crippen LogP contribution >= 0.6 is 0 Å². The van der Waals surface area contributed by atoms with Crippen molar-refractivity contribution in [2.75, 3.05) is 0 Å². The fraction of sp³-hybridized carbons (Fsp3) is 0.182. The number of nitrogens with zero attached hydrogens (tertiary/aromatic N) is 1. The monoisotopic (exact) mass is 299 g/mol. The summed E-state index contributed by atoms with van der Waals surface area (Å²) in [7, 11) is 0. The third kappa shape index (κ3) is 2.16. The molecular weight excluding hydrogens is 278 g/mol.